The van der Waals surface area contributed by atoms with Crippen LogP contribution in [0, 0.1) is 5.92 Å². The van der Waals surface area contributed by atoms with Gasteiger partial charge in [-0.1, -0.05) is 19.3 Å². The van der Waals surface area contributed by atoms with E-state index in [9.17, 15) is 0 Å². The smallest absolute Gasteiger partial charge is 0.239 e. The topological polar surface area (TPSA) is 75.9 Å². The second-order valence-corrected chi connectivity index (χ2v) is 6.42. The zero-order chi connectivity index (χ0) is 13.9. The Balaban J connectivity index is 1.83. The molecule has 0 saturated heterocycles. The van der Waals surface area contributed by atoms with Crippen LogP contribution in [0.5, 0.6) is 0 Å². The lowest BCUT2D eigenvalue weighted by Crippen LogP contribution is -2.28. The highest BCUT2D eigenvalue weighted by Gasteiger charge is 2.21. The Hall–Kier alpha value is -1.40. The number of aromatic nitrogens is 2. The van der Waals surface area contributed by atoms with Crippen LogP contribution < -0.4 is 16.6 Å². The predicted octanol–water partition coefficient (Wildman–Crippen LogP) is 3.36. The van der Waals surface area contributed by atoms with Crippen LogP contribution in [0.2, 0.25) is 0 Å². The molecular weight excluding hydrogens is 270 g/mol. The molecule has 2 heterocycles. The van der Waals surface area contributed by atoms with E-state index < -0.39 is 0 Å². The fourth-order valence-electron chi connectivity index (χ4n) is 2.99. The molecule has 0 aromatic carbocycles. The summed E-state index contributed by atoms with van der Waals surface area (Å²) in [7, 11) is 0. The monoisotopic (exact) mass is 291 g/mol. The van der Waals surface area contributed by atoms with Crippen molar-refractivity contribution < 1.29 is 0 Å². The number of hydrogen-bond acceptors (Lipinski definition) is 6. The van der Waals surface area contributed by atoms with Gasteiger partial charge in [0, 0.05) is 6.04 Å². The van der Waals surface area contributed by atoms with E-state index >= 15 is 0 Å². The largest absolute Gasteiger partial charge is 0.366 e. The number of hydrazine groups is 1. The van der Waals surface area contributed by atoms with Gasteiger partial charge in [0.05, 0.1) is 10.2 Å². The maximum Gasteiger partial charge on any atom is 0.239 e. The minimum atomic E-state index is 0.432. The van der Waals surface area contributed by atoms with E-state index in [1.165, 1.54) is 32.1 Å². The number of hydrogen-bond donors (Lipinski definition) is 3. The third-order valence-corrected chi connectivity index (χ3v) is 5.06. The van der Waals surface area contributed by atoms with Gasteiger partial charge in [-0.05, 0) is 37.1 Å². The highest BCUT2D eigenvalue weighted by atomic mass is 32.1. The first-order chi connectivity index (χ1) is 9.78. The van der Waals surface area contributed by atoms with Crippen LogP contribution >= 0.6 is 11.3 Å². The van der Waals surface area contributed by atoms with E-state index in [1.807, 2.05) is 11.4 Å². The first kappa shape index (κ1) is 13.6. The van der Waals surface area contributed by atoms with Crippen LogP contribution in [0.1, 0.15) is 39.0 Å². The van der Waals surface area contributed by atoms with Crippen molar-refractivity contribution >= 4 is 33.3 Å². The van der Waals surface area contributed by atoms with Crippen LogP contribution in [-0.2, 0) is 0 Å². The van der Waals surface area contributed by atoms with E-state index in [2.05, 4.69) is 27.6 Å². The van der Waals surface area contributed by atoms with E-state index in [4.69, 9.17) is 5.84 Å². The van der Waals surface area contributed by atoms with Crippen LogP contribution in [0.15, 0.2) is 11.4 Å². The summed E-state index contributed by atoms with van der Waals surface area (Å²) in [4.78, 5) is 8.84. The van der Waals surface area contributed by atoms with Gasteiger partial charge in [-0.15, -0.1) is 11.3 Å². The van der Waals surface area contributed by atoms with Gasteiger partial charge in [0.2, 0.25) is 5.95 Å². The molecule has 5 nitrogen and oxygen atoms in total. The number of thiophene rings is 1. The minimum absolute atomic E-state index is 0.432. The molecule has 0 spiro atoms. The summed E-state index contributed by atoms with van der Waals surface area (Å²) in [5.74, 6) is 7.56. The van der Waals surface area contributed by atoms with Crippen molar-refractivity contribution in [2.75, 3.05) is 10.7 Å². The zero-order valence-corrected chi connectivity index (χ0v) is 12.5. The van der Waals surface area contributed by atoms with Crippen LogP contribution in [0.25, 0.3) is 10.2 Å². The van der Waals surface area contributed by atoms with Gasteiger partial charge >= 0.3 is 0 Å². The van der Waals surface area contributed by atoms with Crippen molar-refractivity contribution in [2.45, 2.75) is 45.1 Å². The first-order valence-corrected chi connectivity index (χ1v) is 8.14. The molecule has 6 heteroatoms. The number of nitrogen functional groups attached to an aromatic ring is 1. The molecule has 1 unspecified atom stereocenters. The molecule has 1 atom stereocenters. The van der Waals surface area contributed by atoms with Gasteiger partial charge in [-0.3, -0.25) is 5.43 Å². The third-order valence-electron chi connectivity index (χ3n) is 4.15. The van der Waals surface area contributed by atoms with E-state index in [0.29, 0.717) is 12.0 Å². The first-order valence-electron chi connectivity index (χ1n) is 7.26. The number of nitrogens with zero attached hydrogens (tertiary/aromatic N) is 2. The molecule has 4 N–H and O–H groups in total. The Morgan fingerprint density at radius 2 is 2.10 bits per heavy atom. The molecule has 3 rings (SSSR count). The van der Waals surface area contributed by atoms with Crippen molar-refractivity contribution in [2.24, 2.45) is 11.8 Å². The summed E-state index contributed by atoms with van der Waals surface area (Å²) in [6, 6.07) is 2.43. The average Bonchev–Trinajstić information content (AvgIpc) is 2.96. The van der Waals surface area contributed by atoms with Gasteiger partial charge in [0.25, 0.3) is 0 Å². The molecule has 0 aliphatic heterocycles. The highest BCUT2D eigenvalue weighted by molar-refractivity contribution is 7.17. The van der Waals surface area contributed by atoms with Crippen LogP contribution in [0.3, 0.4) is 0 Å². The van der Waals surface area contributed by atoms with Crippen LogP contribution in [-0.4, -0.2) is 16.0 Å². The summed E-state index contributed by atoms with van der Waals surface area (Å²) < 4.78 is 1.10. The normalized spacial score (nSPS) is 18.1. The molecular formula is C14H21N5S. The van der Waals surface area contributed by atoms with Crippen LogP contribution in [0.4, 0.5) is 11.8 Å². The van der Waals surface area contributed by atoms with Gasteiger partial charge in [0.1, 0.15) is 5.82 Å². The fourth-order valence-corrected chi connectivity index (χ4v) is 3.78. The molecule has 108 valence electrons. The maximum absolute atomic E-state index is 5.45. The molecule has 20 heavy (non-hydrogen) atoms. The lowest BCUT2D eigenvalue weighted by atomic mass is 9.84. The predicted molar refractivity (Wildman–Crippen MR) is 84.9 cm³/mol. The zero-order valence-electron chi connectivity index (χ0n) is 11.7. The Morgan fingerprint density at radius 1 is 1.30 bits per heavy atom. The Bertz CT molecular complexity index is 576. The quantitative estimate of drug-likeness (QED) is 0.595. The summed E-state index contributed by atoms with van der Waals surface area (Å²) in [6.07, 6.45) is 6.71. The summed E-state index contributed by atoms with van der Waals surface area (Å²) in [6.45, 7) is 2.26. The molecule has 1 aliphatic carbocycles. The summed E-state index contributed by atoms with van der Waals surface area (Å²) in [5, 5.41) is 5.62. The molecule has 2 aromatic heterocycles. The van der Waals surface area contributed by atoms with E-state index in [-0.39, 0.29) is 0 Å². The molecule has 0 amide bonds. The van der Waals surface area contributed by atoms with Crippen molar-refractivity contribution in [3.05, 3.63) is 11.4 Å². The van der Waals surface area contributed by atoms with E-state index in [1.54, 1.807) is 11.3 Å². The second-order valence-electron chi connectivity index (χ2n) is 5.51. The van der Waals surface area contributed by atoms with E-state index in [0.717, 1.165) is 22.0 Å². The third kappa shape index (κ3) is 2.71. The lowest BCUT2D eigenvalue weighted by Gasteiger charge is -2.28. The second kappa shape index (κ2) is 5.93. The maximum atomic E-state index is 5.45. The Kier molecular flexibility index (Phi) is 4.03. The molecule has 1 saturated carbocycles. The number of nitrogens with two attached hydrogens (primary N) is 1. The molecule has 1 fully saturated rings. The Labute approximate surface area is 123 Å². The Morgan fingerprint density at radius 3 is 2.85 bits per heavy atom. The van der Waals surface area contributed by atoms with Crippen molar-refractivity contribution in [1.82, 2.24) is 9.97 Å². The highest BCUT2D eigenvalue weighted by Crippen LogP contribution is 2.31. The number of fused-ring (bicyclic) bond motifs is 1. The lowest BCUT2D eigenvalue weighted by molar-refractivity contribution is 0.328. The number of anilines is 2. The molecule has 0 bridgehead atoms. The number of nitrogens with one attached hydrogen (secondary N) is 2. The van der Waals surface area contributed by atoms with Gasteiger partial charge in [0.15, 0.2) is 0 Å². The van der Waals surface area contributed by atoms with Crippen molar-refractivity contribution in [1.29, 1.82) is 0 Å². The SMILES string of the molecule is CC(Nc1nc(NN)nc2ccsc12)C1CCCCC1. The van der Waals surface area contributed by atoms with Gasteiger partial charge in [-0.2, -0.15) is 4.98 Å². The molecule has 2 aromatic rings. The fraction of sp³-hybridized carbons (Fsp3) is 0.571. The van der Waals surface area contributed by atoms with Gasteiger partial charge in [-0.25, -0.2) is 10.8 Å². The van der Waals surface area contributed by atoms with Crippen molar-refractivity contribution in [3.63, 3.8) is 0 Å². The average molecular weight is 291 g/mol. The minimum Gasteiger partial charge on any atom is -0.366 e. The molecule has 0 radical (unpaired) electrons. The summed E-state index contributed by atoms with van der Waals surface area (Å²) in [5.41, 5.74) is 3.49. The summed E-state index contributed by atoms with van der Waals surface area (Å²) >= 11 is 1.67. The standard InChI is InChI=1S/C14H21N5S/c1-9(10-5-3-2-4-6-10)16-13-12-11(7-8-20-12)17-14(18-13)19-15/h7-10H,2-6,15H2,1H3,(H2,16,17,18,19). The van der Waals surface area contributed by atoms with Gasteiger partial charge < -0.3 is 5.32 Å². The van der Waals surface area contributed by atoms with Crippen molar-refractivity contribution in [3.8, 4) is 0 Å². The molecule has 1 aliphatic rings. The number of rotatable bonds is 4.